The van der Waals surface area contributed by atoms with Crippen LogP contribution in [-0.4, -0.2) is 62.6 Å². The molecule has 0 bridgehead atoms. The van der Waals surface area contributed by atoms with Gasteiger partial charge in [0, 0.05) is 9.58 Å². The number of unbranched alkanes of at least 4 members (excludes halogenated alkanes) is 3. The van der Waals surface area contributed by atoms with Gasteiger partial charge in [0.2, 0.25) is 18.2 Å². The van der Waals surface area contributed by atoms with Gasteiger partial charge < -0.3 is 14.2 Å². The van der Waals surface area contributed by atoms with Gasteiger partial charge in [-0.05, 0) is 67.1 Å². The van der Waals surface area contributed by atoms with Crippen molar-refractivity contribution in [3.63, 3.8) is 0 Å². The smallest absolute Gasteiger partial charge is 0.286 e. The lowest BCUT2D eigenvalue weighted by atomic mass is 9.81. The van der Waals surface area contributed by atoms with E-state index in [9.17, 15) is 14.4 Å². The lowest BCUT2D eigenvalue weighted by molar-refractivity contribution is 0.124. The summed E-state index contributed by atoms with van der Waals surface area (Å²) in [6.07, 6.45) is 16.9. The topological polar surface area (TPSA) is 187 Å². The molecule has 0 spiro atoms. The molecule has 14 heteroatoms. The van der Waals surface area contributed by atoms with E-state index in [0.717, 1.165) is 51.4 Å². The van der Waals surface area contributed by atoms with Gasteiger partial charge in [0.25, 0.3) is 18.8 Å². The van der Waals surface area contributed by atoms with E-state index in [1.165, 1.54) is 18.2 Å². The molecule has 0 aromatic rings. The van der Waals surface area contributed by atoms with Gasteiger partial charge in [-0.1, -0.05) is 70.6 Å². The van der Waals surface area contributed by atoms with Gasteiger partial charge in [-0.25, -0.2) is 29.4 Å². The number of rotatable bonds is 21. The van der Waals surface area contributed by atoms with Crippen LogP contribution in [0.15, 0.2) is 15.0 Å². The molecular formula is C31H54I2N6O6. The molecule has 0 fully saturated rings. The van der Waals surface area contributed by atoms with E-state index in [0.29, 0.717) is 51.3 Å². The first-order chi connectivity index (χ1) is 21.7. The van der Waals surface area contributed by atoms with Gasteiger partial charge in [0.05, 0.1) is 19.6 Å². The minimum absolute atomic E-state index is 0. The van der Waals surface area contributed by atoms with Gasteiger partial charge in [0.1, 0.15) is 19.8 Å². The van der Waals surface area contributed by atoms with Crippen LogP contribution in [0.5, 0.6) is 0 Å². The Balaban J connectivity index is -0.000000128. The molecule has 0 aromatic carbocycles. The van der Waals surface area contributed by atoms with Gasteiger partial charge in [-0.3, -0.25) is 0 Å². The van der Waals surface area contributed by atoms with Crippen LogP contribution in [0, 0.1) is 57.2 Å². The largest absolute Gasteiger partial charge is 0.428 e. The number of hydrogen-bond donors (Lipinski definition) is 0. The highest BCUT2D eigenvalue weighted by Crippen LogP contribution is 2.29. The summed E-state index contributed by atoms with van der Waals surface area (Å²) in [6, 6.07) is 0. The zero-order chi connectivity index (χ0) is 36.1. The van der Waals surface area contributed by atoms with Crippen LogP contribution >= 0.6 is 46.6 Å². The molecule has 0 saturated heterocycles. The van der Waals surface area contributed by atoms with Crippen molar-refractivity contribution in [2.24, 2.45) is 37.6 Å². The van der Waals surface area contributed by atoms with Crippen LogP contribution in [0.25, 0.3) is 0 Å². The number of alkyl halides is 1. The van der Waals surface area contributed by atoms with E-state index in [1.807, 2.05) is 6.92 Å². The maximum atomic E-state index is 9.91. The molecule has 0 saturated carbocycles. The molecule has 0 heterocycles. The van der Waals surface area contributed by atoms with E-state index < -0.39 is 4.88 Å². The second kappa shape index (κ2) is 39.5. The van der Waals surface area contributed by atoms with E-state index in [-0.39, 0.29) is 36.2 Å². The molecule has 0 aliphatic carbocycles. The van der Waals surface area contributed by atoms with E-state index in [1.54, 1.807) is 41.4 Å². The zero-order valence-corrected chi connectivity index (χ0v) is 32.0. The molecule has 3 atom stereocenters. The maximum absolute atomic E-state index is 9.91. The van der Waals surface area contributed by atoms with Crippen molar-refractivity contribution in [1.82, 2.24) is 0 Å². The number of aliphatic imine (C=N–C) groups is 3. The molecule has 0 amide bonds. The summed E-state index contributed by atoms with van der Waals surface area (Å²) in [5.74, 6) is 0.791. The minimum atomic E-state index is -0.697. The van der Waals surface area contributed by atoms with Gasteiger partial charge >= 0.3 is 0 Å². The third-order valence-electron chi connectivity index (χ3n) is 5.92. The van der Waals surface area contributed by atoms with Crippen LogP contribution < -0.4 is 0 Å². The maximum Gasteiger partial charge on any atom is 0.286 e. The summed E-state index contributed by atoms with van der Waals surface area (Å²) in [4.78, 5) is 39.2. The Bertz CT molecular complexity index is 1020. The average Bonchev–Trinajstić information content (AvgIpc) is 2.96. The van der Waals surface area contributed by atoms with E-state index in [4.69, 9.17) is 23.3 Å². The number of halogens is 2. The summed E-state index contributed by atoms with van der Waals surface area (Å²) < 4.78 is 26.4. The molecule has 45 heavy (non-hydrogen) atoms. The second-order valence-electron chi connectivity index (χ2n) is 11.5. The Kier molecular flexibility index (Phi) is 41.1. The first kappa shape index (κ1) is 46.9. The van der Waals surface area contributed by atoms with Crippen molar-refractivity contribution < 1.29 is 32.8 Å². The average molecular weight is 864 g/mol. The fraction of sp³-hybridized carbons (Fsp3) is 0.806. The number of nitrogens with zero attached hydrogens (tertiary/aromatic N) is 6. The lowest BCUT2D eigenvalue weighted by Gasteiger charge is -2.26. The van der Waals surface area contributed by atoms with Crippen molar-refractivity contribution in [3.8, 4) is 18.8 Å². The Morgan fingerprint density at radius 3 is 1.82 bits per heavy atom. The second-order valence-corrected chi connectivity index (χ2v) is 11.5. The van der Waals surface area contributed by atoms with Gasteiger partial charge in [-0.15, -0.1) is 24.0 Å². The third-order valence-corrected chi connectivity index (χ3v) is 5.92. The fourth-order valence-electron chi connectivity index (χ4n) is 4.16. The van der Waals surface area contributed by atoms with Gasteiger partial charge in [0.15, 0.2) is 0 Å². The molecule has 12 nitrogen and oxygen atoms in total. The first-order valence-corrected chi connectivity index (χ1v) is 15.5. The molecule has 258 valence electrons. The minimum Gasteiger partial charge on any atom is -0.428 e. The molecule has 3 unspecified atom stereocenters. The summed E-state index contributed by atoms with van der Waals surface area (Å²) in [7, 11) is 0. The van der Waals surface area contributed by atoms with Crippen molar-refractivity contribution in [3.05, 3.63) is 0 Å². The van der Waals surface area contributed by atoms with E-state index >= 15 is 0 Å². The number of nitriles is 3. The van der Waals surface area contributed by atoms with Crippen LogP contribution in [0.3, 0.4) is 0 Å². The van der Waals surface area contributed by atoms with Gasteiger partial charge in [-0.2, -0.15) is 15.8 Å². The molecule has 0 aliphatic heterocycles. The van der Waals surface area contributed by atoms with Crippen molar-refractivity contribution in [2.75, 3.05) is 44.3 Å². The Morgan fingerprint density at radius 1 is 0.800 bits per heavy atom. The number of isocyanates is 3. The van der Waals surface area contributed by atoms with Crippen LogP contribution in [0.4, 0.5) is 0 Å². The van der Waals surface area contributed by atoms with Crippen LogP contribution in [0.2, 0.25) is 0 Å². The summed E-state index contributed by atoms with van der Waals surface area (Å²) >= 11 is 1.68. The van der Waals surface area contributed by atoms with Crippen LogP contribution in [0.1, 0.15) is 97.1 Å². The molecule has 0 rings (SSSR count). The van der Waals surface area contributed by atoms with Crippen molar-refractivity contribution >= 4 is 64.8 Å². The fourth-order valence-corrected chi connectivity index (χ4v) is 4.16. The molecule has 0 aliphatic rings. The van der Waals surface area contributed by atoms with E-state index in [2.05, 4.69) is 59.1 Å². The van der Waals surface area contributed by atoms with Crippen molar-refractivity contribution in [1.29, 1.82) is 15.8 Å². The lowest BCUT2D eigenvalue weighted by Crippen LogP contribution is -2.21. The number of hydrogen-bond acceptors (Lipinski definition) is 12. The first-order valence-electron chi connectivity index (χ1n) is 15.5. The normalized spacial score (nSPS) is 11.9. The monoisotopic (exact) mass is 863 g/mol. The predicted molar refractivity (Wildman–Crippen MR) is 194 cm³/mol. The molecular weight excluding hydrogens is 806 g/mol. The highest BCUT2D eigenvalue weighted by molar-refractivity contribution is 14.1. The highest BCUT2D eigenvalue weighted by atomic mass is 127. The summed E-state index contributed by atoms with van der Waals surface area (Å²) in [5, 5.41) is 24.6. The number of ether oxygens (including phenoxy) is 3. The zero-order valence-electron chi connectivity index (χ0n) is 29.6. The predicted octanol–water partition coefficient (Wildman–Crippen LogP) is 7.82. The summed E-state index contributed by atoms with van der Waals surface area (Å²) in [5.41, 5.74) is 0.0959. The van der Waals surface area contributed by atoms with Crippen LogP contribution in [-0.2, 0) is 28.6 Å². The molecule has 0 N–H and O–H groups in total. The highest BCUT2D eigenvalue weighted by Gasteiger charge is 2.22. The quantitative estimate of drug-likeness (QED) is 0.0277. The Labute approximate surface area is 305 Å². The third kappa shape index (κ3) is 48.6. The van der Waals surface area contributed by atoms with Crippen molar-refractivity contribution in [2.45, 2.75) is 92.9 Å². The Morgan fingerprint density at radius 2 is 1.29 bits per heavy atom. The summed E-state index contributed by atoms with van der Waals surface area (Å²) in [6.45, 7) is 15.5. The standard InChI is InChI=1S/2C11H18N2O2.C8H12N2O2.CH3I.HI.H2/c1-10(7-15-8-12)6-11(2,3)4-5-13-9-14;1-10(4-5-13-9-14)6-11(2,3)7-15-8-12;9-7-12-6-4-2-1-3-5-10-8-11;1-2;;/h2*10H,4-7H2,1-3H3;1-6H2;1H3;2*1H/i;;;1TD;;. The SMILES string of the molecule is CC(CCN=C=O)CC(C)(C)COC#N.CC(COC#N)CC(C)(C)CCN=C=O.I.N#COCCCCCCN=C=O.[2H]C([3H])I.[HH]. The Hall–Kier alpha value is -2.53. The molecule has 0 radical (unpaired) electrons. The molecule has 0 aromatic heterocycles. The number of carbonyl (C=O) groups excluding carboxylic acids is 3.